The largest absolute Gasteiger partial charge is 0.456 e. The molecule has 3 aromatic heterocycles. The third-order valence-corrected chi connectivity index (χ3v) is 17.1. The lowest BCUT2D eigenvalue weighted by Gasteiger charge is -2.41. The SMILES string of the molecule is C=C1C=C(c2ccccc2)Sc2cc3c(cc21)[B]c1c(-c2cc4c(cc2Nc2ccc(C(C)(C)C)cc2)oc2cc5c(cc24)C(C)(C)CCC5(C)C)ccc2c4cc5c(cc4n-3c12)oc1ccccc15. The van der Waals surface area contributed by atoms with Gasteiger partial charge in [-0.3, -0.25) is 0 Å². The summed E-state index contributed by atoms with van der Waals surface area (Å²) in [5.74, 6) is 0. The molecule has 11 aromatic rings. The zero-order valence-electron chi connectivity index (χ0n) is 40.7. The molecule has 0 bridgehead atoms. The minimum absolute atomic E-state index is 0.0439. The highest BCUT2D eigenvalue weighted by Crippen LogP contribution is 2.50. The third-order valence-electron chi connectivity index (χ3n) is 16.0. The molecule has 70 heavy (non-hydrogen) atoms. The van der Waals surface area contributed by atoms with Crippen molar-refractivity contribution in [2.75, 3.05) is 5.32 Å². The minimum atomic E-state index is 0.0439. The molecule has 3 aliphatic rings. The van der Waals surface area contributed by atoms with Gasteiger partial charge in [-0.25, -0.2) is 0 Å². The Morgan fingerprint density at radius 1 is 0.614 bits per heavy atom. The predicted octanol–water partition coefficient (Wildman–Crippen LogP) is 16.8. The van der Waals surface area contributed by atoms with Gasteiger partial charge in [-0.1, -0.05) is 151 Å². The van der Waals surface area contributed by atoms with Gasteiger partial charge in [0.15, 0.2) is 7.28 Å². The first-order chi connectivity index (χ1) is 33.7. The van der Waals surface area contributed by atoms with Gasteiger partial charge in [-0.2, -0.15) is 0 Å². The van der Waals surface area contributed by atoms with Gasteiger partial charge in [0, 0.05) is 76.7 Å². The van der Waals surface area contributed by atoms with E-state index < -0.39 is 0 Å². The second-order valence-corrected chi connectivity index (χ2v) is 23.5. The topological polar surface area (TPSA) is 43.2 Å². The lowest BCUT2D eigenvalue weighted by Crippen LogP contribution is -2.37. The molecule has 0 atom stereocenters. The van der Waals surface area contributed by atoms with E-state index in [4.69, 9.17) is 8.83 Å². The number of aromatic nitrogens is 1. The predicted molar refractivity (Wildman–Crippen MR) is 299 cm³/mol. The molecule has 2 aliphatic heterocycles. The van der Waals surface area contributed by atoms with Crippen LogP contribution in [0.25, 0.3) is 93.0 Å². The van der Waals surface area contributed by atoms with Crippen LogP contribution in [0, 0.1) is 0 Å². The molecule has 1 radical (unpaired) electrons. The van der Waals surface area contributed by atoms with E-state index in [1.807, 2.05) is 17.8 Å². The van der Waals surface area contributed by atoms with Crippen LogP contribution in [0.5, 0.6) is 0 Å². The number of hydrogen-bond acceptors (Lipinski definition) is 4. The zero-order chi connectivity index (χ0) is 47.6. The molecule has 8 aromatic carbocycles. The molecule has 0 spiro atoms. The maximum absolute atomic E-state index is 6.94. The summed E-state index contributed by atoms with van der Waals surface area (Å²) in [4.78, 5) is 2.41. The highest BCUT2D eigenvalue weighted by molar-refractivity contribution is 8.08. The maximum Gasteiger partial charge on any atom is 0.197 e. The number of para-hydroxylation sites is 1. The molecule has 1 aliphatic carbocycles. The van der Waals surface area contributed by atoms with E-state index in [2.05, 4.69) is 212 Å². The number of anilines is 2. The van der Waals surface area contributed by atoms with Gasteiger partial charge >= 0.3 is 0 Å². The van der Waals surface area contributed by atoms with Crippen molar-refractivity contribution in [1.29, 1.82) is 0 Å². The van der Waals surface area contributed by atoms with Crippen LogP contribution in [0.4, 0.5) is 11.4 Å². The molecule has 1 N–H and O–H groups in total. The van der Waals surface area contributed by atoms with Gasteiger partial charge in [0.25, 0.3) is 0 Å². The number of rotatable bonds is 4. The van der Waals surface area contributed by atoms with Crippen LogP contribution < -0.4 is 16.2 Å². The quantitative estimate of drug-likeness (QED) is 0.179. The van der Waals surface area contributed by atoms with E-state index in [9.17, 15) is 0 Å². The van der Waals surface area contributed by atoms with Crippen LogP contribution in [0.15, 0.2) is 166 Å². The molecule has 5 heterocycles. The van der Waals surface area contributed by atoms with E-state index in [0.717, 1.165) is 102 Å². The van der Waals surface area contributed by atoms with Gasteiger partial charge in [0.05, 0.1) is 11.2 Å². The summed E-state index contributed by atoms with van der Waals surface area (Å²) in [5, 5.41) is 10.9. The van der Waals surface area contributed by atoms with Crippen molar-refractivity contribution in [3.63, 3.8) is 0 Å². The van der Waals surface area contributed by atoms with E-state index in [0.29, 0.717) is 0 Å². The fraction of sp³-hybridized carbons (Fsp3) is 0.188. The number of furan rings is 2. The molecule has 14 rings (SSSR count). The molecule has 6 heteroatoms. The molecule has 0 fully saturated rings. The van der Waals surface area contributed by atoms with Crippen molar-refractivity contribution in [2.24, 2.45) is 0 Å². The maximum atomic E-state index is 6.94. The summed E-state index contributed by atoms with van der Waals surface area (Å²) >= 11 is 1.82. The van der Waals surface area contributed by atoms with Crippen molar-refractivity contribution in [3.05, 3.63) is 180 Å². The number of thioether (sulfide) groups is 1. The van der Waals surface area contributed by atoms with Crippen LogP contribution in [0.2, 0.25) is 0 Å². The van der Waals surface area contributed by atoms with Crippen LogP contribution >= 0.6 is 11.8 Å². The summed E-state index contributed by atoms with van der Waals surface area (Å²) in [6.45, 7) is 21.0. The molecule has 0 amide bonds. The molecular weight excluding hydrogens is 872 g/mol. The van der Waals surface area contributed by atoms with Crippen LogP contribution in [0.1, 0.15) is 89.1 Å². The van der Waals surface area contributed by atoms with Crippen molar-refractivity contribution in [1.82, 2.24) is 4.57 Å². The normalized spacial score (nSPS) is 15.9. The Hall–Kier alpha value is -7.15. The number of fused-ring (bicyclic) bond motifs is 13. The summed E-state index contributed by atoms with van der Waals surface area (Å²) in [7, 11) is 2.43. The first-order valence-corrected chi connectivity index (χ1v) is 25.5. The Kier molecular flexibility index (Phi) is 8.63. The molecule has 0 saturated heterocycles. The van der Waals surface area contributed by atoms with Gasteiger partial charge in [-0.05, 0) is 128 Å². The van der Waals surface area contributed by atoms with Crippen molar-refractivity contribution >= 4 is 118 Å². The van der Waals surface area contributed by atoms with E-state index >= 15 is 0 Å². The number of allylic oxidation sites excluding steroid dienone is 2. The van der Waals surface area contributed by atoms with Crippen molar-refractivity contribution < 1.29 is 8.83 Å². The molecule has 4 nitrogen and oxygen atoms in total. The average Bonchev–Trinajstić information content (AvgIpc) is 4.00. The minimum Gasteiger partial charge on any atom is -0.456 e. The Bertz CT molecular complexity index is 4140. The lowest BCUT2D eigenvalue weighted by atomic mass is 9.58. The van der Waals surface area contributed by atoms with Crippen LogP contribution in [-0.4, -0.2) is 11.8 Å². The molecule has 0 unspecified atom stereocenters. The van der Waals surface area contributed by atoms with E-state index in [-0.39, 0.29) is 16.2 Å². The Labute approximate surface area is 413 Å². The number of nitrogens with one attached hydrogen (secondary N) is 1. The second-order valence-electron chi connectivity index (χ2n) is 22.4. The Morgan fingerprint density at radius 3 is 2.09 bits per heavy atom. The summed E-state index contributed by atoms with van der Waals surface area (Å²) in [6, 6.07) is 51.5. The molecular formula is C64H52BN2O2S. The van der Waals surface area contributed by atoms with Gasteiger partial charge in [0.2, 0.25) is 0 Å². The highest BCUT2D eigenvalue weighted by atomic mass is 32.2. The fourth-order valence-corrected chi connectivity index (χ4v) is 13.1. The van der Waals surface area contributed by atoms with Gasteiger partial charge in [0.1, 0.15) is 22.3 Å². The van der Waals surface area contributed by atoms with Gasteiger partial charge < -0.3 is 18.7 Å². The monoisotopic (exact) mass is 923 g/mol. The van der Waals surface area contributed by atoms with Gasteiger partial charge in [-0.15, -0.1) is 0 Å². The standard InChI is InChI=1S/C64H52BN2O2S/c1-35-26-58(36-14-10-9-11-15-36)70-59-34-53-50(30-42(35)59)65-60-40(22-23-41-44-28-45-39-16-12-13-17-54(39)68-57(45)33-52(44)67(53)61(41)60)43-27-46-47-29-48-49(64(7,8)25-24-63(48,5)6)31-55(47)69-56(46)32-51(43)66-38-20-18-37(19-21-38)62(2,3)4/h9-23,26-34,66H,1,24-25H2,2-8H3. The Balaban J connectivity index is 1.04. The summed E-state index contributed by atoms with van der Waals surface area (Å²) < 4.78 is 16.1. The van der Waals surface area contributed by atoms with Crippen LogP contribution in [-0.2, 0) is 16.2 Å². The smallest absolute Gasteiger partial charge is 0.197 e. The fourth-order valence-electron chi connectivity index (χ4n) is 11.9. The molecule has 0 saturated carbocycles. The lowest BCUT2D eigenvalue weighted by molar-refractivity contribution is 0.332. The Morgan fingerprint density at radius 2 is 1.30 bits per heavy atom. The first-order valence-electron chi connectivity index (χ1n) is 24.7. The molecule has 339 valence electrons. The first kappa shape index (κ1) is 41.8. The van der Waals surface area contributed by atoms with Crippen molar-refractivity contribution in [2.45, 2.75) is 82.4 Å². The van der Waals surface area contributed by atoms with E-state index in [1.165, 1.54) is 59.2 Å². The number of benzene rings is 8. The average molecular weight is 924 g/mol. The highest BCUT2D eigenvalue weighted by Gasteiger charge is 2.38. The summed E-state index contributed by atoms with van der Waals surface area (Å²) in [6.07, 6.45) is 4.54. The second kappa shape index (κ2) is 14.5. The zero-order valence-corrected chi connectivity index (χ0v) is 41.5. The van der Waals surface area contributed by atoms with Crippen molar-refractivity contribution in [3.8, 4) is 16.8 Å². The van der Waals surface area contributed by atoms with E-state index in [1.54, 1.807) is 0 Å². The number of nitrogens with zero attached hydrogens (tertiary/aromatic N) is 1. The third kappa shape index (κ3) is 6.18. The summed E-state index contributed by atoms with van der Waals surface area (Å²) in [5.41, 5.74) is 21.4. The number of hydrogen-bond donors (Lipinski definition) is 1. The van der Waals surface area contributed by atoms with Crippen LogP contribution in [0.3, 0.4) is 0 Å².